The van der Waals surface area contributed by atoms with Gasteiger partial charge in [0.25, 0.3) is 5.24 Å². The second-order valence-corrected chi connectivity index (χ2v) is 5.08. The number of rotatable bonds is 4. The van der Waals surface area contributed by atoms with Crippen LogP contribution in [0.2, 0.25) is 0 Å². The number of halogens is 1. The monoisotopic (exact) mass is 300 g/mol. The van der Waals surface area contributed by atoms with E-state index in [9.17, 15) is 4.79 Å². The molecule has 3 nitrogen and oxygen atoms in total. The standard InChI is InChI=1S/C17H13ClO3/c1-11-16(17(18)19)14-9-13(7-8-15(14)21-11)20-10-12-5-3-2-4-6-12/h2-9H,10H2,1H3. The van der Waals surface area contributed by atoms with E-state index in [2.05, 4.69) is 0 Å². The van der Waals surface area contributed by atoms with Gasteiger partial charge in [-0.05, 0) is 42.3 Å². The molecule has 106 valence electrons. The smallest absolute Gasteiger partial charge is 0.256 e. The van der Waals surface area contributed by atoms with Gasteiger partial charge in [0.05, 0.1) is 5.56 Å². The summed E-state index contributed by atoms with van der Waals surface area (Å²) in [4.78, 5) is 11.5. The van der Waals surface area contributed by atoms with Gasteiger partial charge < -0.3 is 9.15 Å². The van der Waals surface area contributed by atoms with Crippen LogP contribution in [0.3, 0.4) is 0 Å². The number of aryl methyl sites for hydroxylation is 1. The first-order chi connectivity index (χ1) is 10.1. The van der Waals surface area contributed by atoms with Crippen LogP contribution in [0.15, 0.2) is 52.9 Å². The number of hydrogen-bond donors (Lipinski definition) is 0. The zero-order valence-electron chi connectivity index (χ0n) is 11.4. The number of ether oxygens (including phenoxy) is 1. The van der Waals surface area contributed by atoms with Crippen molar-refractivity contribution in [2.45, 2.75) is 13.5 Å². The summed E-state index contributed by atoms with van der Waals surface area (Å²) < 4.78 is 11.3. The summed E-state index contributed by atoms with van der Waals surface area (Å²) in [5.74, 6) is 1.19. The fourth-order valence-electron chi connectivity index (χ4n) is 2.27. The van der Waals surface area contributed by atoms with Crippen LogP contribution in [0.25, 0.3) is 11.0 Å². The highest BCUT2D eigenvalue weighted by atomic mass is 35.5. The van der Waals surface area contributed by atoms with E-state index in [-0.39, 0.29) is 0 Å². The molecule has 0 bridgehead atoms. The predicted octanol–water partition coefficient (Wildman–Crippen LogP) is 4.70. The molecule has 0 unspecified atom stereocenters. The first-order valence-electron chi connectivity index (χ1n) is 6.55. The first kappa shape index (κ1) is 13.7. The molecule has 2 aromatic carbocycles. The lowest BCUT2D eigenvalue weighted by Crippen LogP contribution is -1.95. The van der Waals surface area contributed by atoms with Crippen LogP contribution in [0.5, 0.6) is 5.75 Å². The predicted molar refractivity (Wildman–Crippen MR) is 81.9 cm³/mol. The van der Waals surface area contributed by atoms with Gasteiger partial charge >= 0.3 is 0 Å². The summed E-state index contributed by atoms with van der Waals surface area (Å²) in [5.41, 5.74) is 2.11. The highest BCUT2D eigenvalue weighted by Crippen LogP contribution is 2.30. The Morgan fingerprint density at radius 1 is 1.19 bits per heavy atom. The Balaban J connectivity index is 1.90. The van der Waals surface area contributed by atoms with Crippen molar-refractivity contribution >= 4 is 27.8 Å². The number of benzene rings is 2. The minimum atomic E-state index is -0.522. The third-order valence-corrected chi connectivity index (χ3v) is 3.47. The topological polar surface area (TPSA) is 39.4 Å². The van der Waals surface area contributed by atoms with Crippen molar-refractivity contribution in [1.29, 1.82) is 0 Å². The van der Waals surface area contributed by atoms with Gasteiger partial charge in [-0.1, -0.05) is 30.3 Å². The van der Waals surface area contributed by atoms with Crippen molar-refractivity contribution in [2.24, 2.45) is 0 Å². The van der Waals surface area contributed by atoms with Gasteiger partial charge in [-0.25, -0.2) is 0 Å². The SMILES string of the molecule is Cc1oc2ccc(OCc3ccccc3)cc2c1C(=O)Cl. The van der Waals surface area contributed by atoms with E-state index in [1.54, 1.807) is 19.1 Å². The molecule has 0 atom stereocenters. The highest BCUT2D eigenvalue weighted by molar-refractivity contribution is 6.68. The highest BCUT2D eigenvalue weighted by Gasteiger charge is 2.16. The van der Waals surface area contributed by atoms with E-state index in [0.29, 0.717) is 34.6 Å². The van der Waals surface area contributed by atoms with Crippen LogP contribution in [-0.4, -0.2) is 5.24 Å². The molecule has 21 heavy (non-hydrogen) atoms. The summed E-state index contributed by atoms with van der Waals surface area (Å²) in [5, 5.41) is 0.157. The molecule has 3 rings (SSSR count). The number of carbonyl (C=O) groups excluding carboxylic acids is 1. The van der Waals surface area contributed by atoms with Gasteiger partial charge in [0.15, 0.2) is 0 Å². The Hall–Kier alpha value is -2.26. The van der Waals surface area contributed by atoms with E-state index in [0.717, 1.165) is 5.56 Å². The van der Waals surface area contributed by atoms with E-state index in [1.807, 2.05) is 36.4 Å². The Labute approximate surface area is 127 Å². The van der Waals surface area contributed by atoms with Crippen molar-refractivity contribution in [3.05, 3.63) is 65.4 Å². The van der Waals surface area contributed by atoms with E-state index >= 15 is 0 Å². The molecule has 0 N–H and O–H groups in total. The van der Waals surface area contributed by atoms with Crippen molar-refractivity contribution in [3.8, 4) is 5.75 Å². The minimum Gasteiger partial charge on any atom is -0.489 e. The summed E-state index contributed by atoms with van der Waals surface area (Å²) in [6.07, 6.45) is 0. The van der Waals surface area contributed by atoms with Gasteiger partial charge in [-0.15, -0.1) is 0 Å². The molecule has 0 aliphatic heterocycles. The normalized spacial score (nSPS) is 10.8. The fourth-order valence-corrected chi connectivity index (χ4v) is 2.51. The summed E-state index contributed by atoms with van der Waals surface area (Å²) in [6.45, 7) is 2.19. The second kappa shape index (κ2) is 5.62. The van der Waals surface area contributed by atoms with E-state index in [4.69, 9.17) is 20.8 Å². The molecular weight excluding hydrogens is 288 g/mol. The van der Waals surface area contributed by atoms with Gasteiger partial charge in [-0.2, -0.15) is 0 Å². The lowest BCUT2D eigenvalue weighted by molar-refractivity contribution is 0.108. The van der Waals surface area contributed by atoms with E-state index in [1.165, 1.54) is 0 Å². The largest absolute Gasteiger partial charge is 0.489 e. The van der Waals surface area contributed by atoms with Crippen molar-refractivity contribution in [1.82, 2.24) is 0 Å². The van der Waals surface area contributed by atoms with Gasteiger partial charge in [0.1, 0.15) is 23.7 Å². The molecule has 0 aliphatic carbocycles. The van der Waals surface area contributed by atoms with Gasteiger partial charge in [-0.3, -0.25) is 4.79 Å². The van der Waals surface area contributed by atoms with Crippen LogP contribution >= 0.6 is 11.6 Å². The number of fused-ring (bicyclic) bond motifs is 1. The van der Waals surface area contributed by atoms with Crippen molar-refractivity contribution < 1.29 is 13.9 Å². The Kier molecular flexibility index (Phi) is 3.67. The van der Waals surface area contributed by atoms with Crippen molar-refractivity contribution in [2.75, 3.05) is 0 Å². The third-order valence-electron chi connectivity index (χ3n) is 3.28. The van der Waals surface area contributed by atoms with Crippen LogP contribution in [0.1, 0.15) is 21.7 Å². The molecule has 0 saturated heterocycles. The molecule has 3 aromatic rings. The van der Waals surface area contributed by atoms with Crippen molar-refractivity contribution in [3.63, 3.8) is 0 Å². The lowest BCUT2D eigenvalue weighted by Gasteiger charge is -2.06. The summed E-state index contributed by atoms with van der Waals surface area (Å²) in [6, 6.07) is 15.3. The Morgan fingerprint density at radius 2 is 1.95 bits per heavy atom. The average molecular weight is 301 g/mol. The lowest BCUT2D eigenvalue weighted by atomic mass is 10.1. The average Bonchev–Trinajstić information content (AvgIpc) is 2.81. The van der Waals surface area contributed by atoms with E-state index < -0.39 is 5.24 Å². The minimum absolute atomic E-state index is 0.400. The molecule has 4 heteroatoms. The maximum atomic E-state index is 11.5. The molecule has 0 spiro atoms. The summed E-state index contributed by atoms with van der Waals surface area (Å²) >= 11 is 5.61. The van der Waals surface area contributed by atoms with Crippen LogP contribution in [0, 0.1) is 6.92 Å². The van der Waals surface area contributed by atoms with Gasteiger partial charge in [0, 0.05) is 5.39 Å². The van der Waals surface area contributed by atoms with Gasteiger partial charge in [0.2, 0.25) is 0 Å². The van der Waals surface area contributed by atoms with Crippen LogP contribution in [-0.2, 0) is 6.61 Å². The molecule has 0 fully saturated rings. The molecular formula is C17H13ClO3. The molecule has 0 saturated carbocycles. The molecule has 0 radical (unpaired) electrons. The third kappa shape index (κ3) is 2.78. The quantitative estimate of drug-likeness (QED) is 0.656. The molecule has 0 aliphatic rings. The fraction of sp³-hybridized carbons (Fsp3) is 0.118. The Morgan fingerprint density at radius 3 is 2.67 bits per heavy atom. The second-order valence-electron chi connectivity index (χ2n) is 4.74. The number of carbonyl (C=O) groups is 1. The molecule has 0 amide bonds. The first-order valence-corrected chi connectivity index (χ1v) is 6.92. The Bertz CT molecular complexity index is 790. The zero-order valence-corrected chi connectivity index (χ0v) is 12.2. The zero-order chi connectivity index (χ0) is 14.8. The molecule has 1 heterocycles. The number of furan rings is 1. The maximum absolute atomic E-state index is 11.5. The summed E-state index contributed by atoms with van der Waals surface area (Å²) in [7, 11) is 0. The van der Waals surface area contributed by atoms with Crippen LogP contribution in [0.4, 0.5) is 0 Å². The number of hydrogen-bond acceptors (Lipinski definition) is 3. The van der Waals surface area contributed by atoms with Crippen LogP contribution < -0.4 is 4.74 Å². The maximum Gasteiger partial charge on any atom is 0.256 e. The molecule has 1 aromatic heterocycles.